The lowest BCUT2D eigenvalue weighted by atomic mass is 10.0. The highest BCUT2D eigenvalue weighted by Crippen LogP contribution is 2.30. The smallest absolute Gasteiger partial charge is 0.253 e. The van der Waals surface area contributed by atoms with Crippen LogP contribution in [0.4, 0.5) is 5.82 Å². The molecule has 0 atom stereocenters. The number of nitrogen functional groups attached to an aromatic ring is 1. The van der Waals surface area contributed by atoms with Gasteiger partial charge in [0.2, 0.25) is 0 Å². The van der Waals surface area contributed by atoms with Gasteiger partial charge in [0.05, 0.1) is 17.6 Å². The maximum atomic E-state index is 13.4. The molecule has 0 radical (unpaired) electrons. The number of carbonyl (C=O) groups excluding carboxylic acids is 1. The molecule has 2 aromatic heterocycles. The maximum Gasteiger partial charge on any atom is 0.253 e. The Bertz CT molecular complexity index is 1760. The number of likely N-dealkylation sites (tertiary alicyclic amines) is 1. The molecule has 2 aliphatic rings. The van der Waals surface area contributed by atoms with Crippen molar-refractivity contribution in [2.24, 2.45) is 0 Å². The van der Waals surface area contributed by atoms with Gasteiger partial charge in [0.1, 0.15) is 17.3 Å². The van der Waals surface area contributed by atoms with Crippen molar-refractivity contribution in [1.82, 2.24) is 34.4 Å². The number of benzene rings is 3. The quantitative estimate of drug-likeness (QED) is 0.275. The van der Waals surface area contributed by atoms with Gasteiger partial charge in [0, 0.05) is 56.9 Å². The molecule has 0 unspecified atom stereocenters. The number of hydrogen-bond acceptors (Lipinski definition) is 8. The van der Waals surface area contributed by atoms with Crippen LogP contribution in [0.1, 0.15) is 34.8 Å². The number of para-hydroxylation sites is 1. The van der Waals surface area contributed by atoms with Gasteiger partial charge >= 0.3 is 0 Å². The summed E-state index contributed by atoms with van der Waals surface area (Å²) in [5.41, 5.74) is 9.92. The number of amides is 1. The molecule has 2 N–H and O–H groups in total. The van der Waals surface area contributed by atoms with Gasteiger partial charge in [-0.2, -0.15) is 5.10 Å². The molecule has 0 saturated carbocycles. The molecule has 10 nitrogen and oxygen atoms in total. The highest BCUT2D eigenvalue weighted by atomic mass is 16.5. The number of piperidine rings is 1. The molecule has 0 aliphatic carbocycles. The van der Waals surface area contributed by atoms with Crippen LogP contribution in [0, 0.1) is 0 Å². The zero-order chi connectivity index (χ0) is 30.8. The first-order chi connectivity index (χ1) is 22.0. The van der Waals surface area contributed by atoms with Crippen molar-refractivity contribution >= 4 is 22.8 Å². The average molecular weight is 603 g/mol. The Morgan fingerprint density at radius 1 is 0.844 bits per heavy atom. The molecule has 2 fully saturated rings. The monoisotopic (exact) mass is 602 g/mol. The van der Waals surface area contributed by atoms with Gasteiger partial charge in [-0.15, -0.1) is 0 Å². The molecule has 5 aromatic rings. The summed E-state index contributed by atoms with van der Waals surface area (Å²) in [6, 6.07) is 25.6. The maximum absolute atomic E-state index is 13.4. The lowest BCUT2D eigenvalue weighted by Gasteiger charge is -2.33. The first-order valence-corrected chi connectivity index (χ1v) is 15.6. The normalized spacial score (nSPS) is 16.7. The summed E-state index contributed by atoms with van der Waals surface area (Å²) < 4.78 is 7.89. The van der Waals surface area contributed by atoms with Crippen LogP contribution in [0.5, 0.6) is 11.5 Å². The van der Waals surface area contributed by atoms with E-state index in [2.05, 4.69) is 39.1 Å². The minimum absolute atomic E-state index is 0.0819. The third-order valence-corrected chi connectivity index (χ3v) is 8.88. The van der Waals surface area contributed by atoms with Gasteiger partial charge in [-0.1, -0.05) is 30.3 Å². The molecule has 10 heteroatoms. The van der Waals surface area contributed by atoms with Crippen molar-refractivity contribution in [3.05, 3.63) is 96.2 Å². The van der Waals surface area contributed by atoms with Crippen LogP contribution in [0.2, 0.25) is 0 Å². The van der Waals surface area contributed by atoms with Crippen LogP contribution in [-0.2, 0) is 6.54 Å². The molecule has 0 spiro atoms. The number of nitrogens with zero attached hydrogens (tertiary/aromatic N) is 7. The summed E-state index contributed by atoms with van der Waals surface area (Å²) in [4.78, 5) is 29.6. The van der Waals surface area contributed by atoms with E-state index in [0.29, 0.717) is 30.4 Å². The van der Waals surface area contributed by atoms with Crippen molar-refractivity contribution < 1.29 is 9.53 Å². The highest BCUT2D eigenvalue weighted by Gasteiger charge is 2.27. The summed E-state index contributed by atoms with van der Waals surface area (Å²) in [7, 11) is 2.17. The molecule has 45 heavy (non-hydrogen) atoms. The van der Waals surface area contributed by atoms with Gasteiger partial charge in [-0.25, -0.2) is 14.6 Å². The fourth-order valence-electron chi connectivity index (χ4n) is 6.15. The van der Waals surface area contributed by atoms with Gasteiger partial charge in [-0.05, 0) is 74.0 Å². The van der Waals surface area contributed by atoms with Crippen molar-refractivity contribution in [2.45, 2.75) is 25.4 Å². The van der Waals surface area contributed by atoms with Crippen LogP contribution in [0.25, 0.3) is 22.4 Å². The first kappa shape index (κ1) is 28.9. The first-order valence-electron chi connectivity index (χ1n) is 15.6. The van der Waals surface area contributed by atoms with Crippen LogP contribution in [0.3, 0.4) is 0 Å². The Labute approximate surface area is 263 Å². The lowest BCUT2D eigenvalue weighted by Crippen LogP contribution is -2.43. The van der Waals surface area contributed by atoms with E-state index in [4.69, 9.17) is 15.5 Å². The minimum atomic E-state index is 0.0819. The van der Waals surface area contributed by atoms with E-state index in [1.165, 1.54) is 5.56 Å². The molecular weight excluding hydrogens is 564 g/mol. The number of piperazine rings is 1. The SMILES string of the molecule is CN1CCN(Cc2ccc(C(=O)N3CCC(n4ncc5c(N)nc(-c6ccc(Oc7ccccc7)cc6)nc54)CC3)cc2)CC1. The minimum Gasteiger partial charge on any atom is -0.457 e. The number of nitrogens with two attached hydrogens (primary N) is 1. The van der Waals surface area contributed by atoms with Crippen LogP contribution >= 0.6 is 0 Å². The molecule has 0 bridgehead atoms. The molecule has 1 amide bonds. The molecule has 230 valence electrons. The zero-order valence-electron chi connectivity index (χ0n) is 25.5. The highest BCUT2D eigenvalue weighted by molar-refractivity contribution is 5.94. The van der Waals surface area contributed by atoms with Gasteiger partial charge < -0.3 is 20.3 Å². The average Bonchev–Trinajstić information content (AvgIpc) is 3.51. The molecule has 7 rings (SSSR count). The standard InChI is InChI=1S/C35H38N8O2/c1-40-19-21-41(22-20-40)24-25-7-9-27(10-8-25)35(44)42-17-15-28(16-18-42)43-34-31(23-37-43)32(36)38-33(39-34)26-11-13-30(14-12-26)45-29-5-3-2-4-6-29/h2-14,23,28H,15-22,24H2,1H3,(H2,36,38,39). The van der Waals surface area contributed by atoms with Gasteiger partial charge in [-0.3, -0.25) is 9.69 Å². The number of aromatic nitrogens is 4. The van der Waals surface area contributed by atoms with Crippen molar-refractivity contribution in [2.75, 3.05) is 52.0 Å². The number of ether oxygens (including phenoxy) is 1. The number of hydrogen-bond donors (Lipinski definition) is 1. The largest absolute Gasteiger partial charge is 0.457 e. The topological polar surface area (TPSA) is 106 Å². The van der Waals surface area contributed by atoms with E-state index in [1.54, 1.807) is 6.20 Å². The third-order valence-electron chi connectivity index (χ3n) is 8.88. The van der Waals surface area contributed by atoms with E-state index in [0.717, 1.165) is 73.6 Å². The Balaban J connectivity index is 1.00. The fourth-order valence-corrected chi connectivity index (χ4v) is 6.15. The van der Waals surface area contributed by atoms with Gasteiger partial charge in [0.25, 0.3) is 5.91 Å². The molecular formula is C35H38N8O2. The summed E-state index contributed by atoms with van der Waals surface area (Å²) >= 11 is 0. The predicted molar refractivity (Wildman–Crippen MR) is 175 cm³/mol. The Morgan fingerprint density at radius 3 is 2.24 bits per heavy atom. The van der Waals surface area contributed by atoms with E-state index < -0.39 is 0 Å². The number of carbonyl (C=O) groups is 1. The number of anilines is 1. The number of fused-ring (bicyclic) bond motifs is 1. The summed E-state index contributed by atoms with van der Waals surface area (Å²) in [6.45, 7) is 6.59. The second kappa shape index (κ2) is 12.7. The van der Waals surface area contributed by atoms with Crippen molar-refractivity contribution in [3.63, 3.8) is 0 Å². The second-order valence-corrected chi connectivity index (χ2v) is 12.0. The van der Waals surface area contributed by atoms with E-state index in [9.17, 15) is 4.79 Å². The Hall–Kier alpha value is -4.80. The van der Waals surface area contributed by atoms with E-state index >= 15 is 0 Å². The molecule has 3 aromatic carbocycles. The zero-order valence-corrected chi connectivity index (χ0v) is 25.5. The van der Waals surface area contributed by atoms with E-state index in [1.807, 2.05) is 76.3 Å². The molecule has 2 aliphatic heterocycles. The number of likely N-dealkylation sites (N-methyl/N-ethyl adjacent to an activating group) is 1. The molecule has 2 saturated heterocycles. The van der Waals surface area contributed by atoms with Crippen LogP contribution < -0.4 is 10.5 Å². The van der Waals surface area contributed by atoms with Gasteiger partial charge in [0.15, 0.2) is 11.5 Å². The summed E-state index contributed by atoms with van der Waals surface area (Å²) in [5, 5.41) is 5.40. The Kier molecular flexibility index (Phi) is 8.15. The van der Waals surface area contributed by atoms with E-state index in [-0.39, 0.29) is 11.9 Å². The van der Waals surface area contributed by atoms with Crippen molar-refractivity contribution in [3.8, 4) is 22.9 Å². The summed E-state index contributed by atoms with van der Waals surface area (Å²) in [5.74, 6) is 2.52. The lowest BCUT2D eigenvalue weighted by molar-refractivity contribution is 0.0691. The van der Waals surface area contributed by atoms with Crippen molar-refractivity contribution in [1.29, 1.82) is 0 Å². The second-order valence-electron chi connectivity index (χ2n) is 12.0. The Morgan fingerprint density at radius 2 is 1.53 bits per heavy atom. The van der Waals surface area contributed by atoms with Crippen LogP contribution in [-0.4, -0.2) is 86.7 Å². The summed E-state index contributed by atoms with van der Waals surface area (Å²) in [6.07, 6.45) is 3.32. The fraction of sp³-hybridized carbons (Fsp3) is 0.314. The predicted octanol–water partition coefficient (Wildman–Crippen LogP) is 5.09. The molecule has 4 heterocycles. The third kappa shape index (κ3) is 6.38. The van der Waals surface area contributed by atoms with Crippen LogP contribution in [0.15, 0.2) is 85.1 Å². The number of rotatable bonds is 7.